The van der Waals surface area contributed by atoms with Crippen molar-refractivity contribution < 1.29 is 9.90 Å². The number of likely N-dealkylation sites (tertiary alicyclic amines) is 1. The van der Waals surface area contributed by atoms with E-state index in [-0.39, 0.29) is 0 Å². The molecule has 1 aliphatic heterocycles. The third kappa shape index (κ3) is 3.13. The van der Waals surface area contributed by atoms with Crippen LogP contribution < -0.4 is 0 Å². The Labute approximate surface area is 137 Å². The van der Waals surface area contributed by atoms with E-state index in [2.05, 4.69) is 31.0 Å². The van der Waals surface area contributed by atoms with Gasteiger partial charge >= 0.3 is 5.97 Å². The summed E-state index contributed by atoms with van der Waals surface area (Å²) in [6, 6.07) is 4.02. The topological polar surface area (TPSA) is 45.5 Å². The summed E-state index contributed by atoms with van der Waals surface area (Å²) in [7, 11) is 1.95. The highest BCUT2D eigenvalue weighted by Gasteiger charge is 2.19. The number of aryl methyl sites for hydroxylation is 1. The number of hydrogen-bond acceptors (Lipinski definition) is 2. The Bertz CT molecular complexity index is 725. The minimum atomic E-state index is -0.843. The van der Waals surface area contributed by atoms with Crippen molar-refractivity contribution in [3.05, 3.63) is 35.0 Å². The predicted molar refractivity (Wildman–Crippen MR) is 93.3 cm³/mol. The molecule has 1 aliphatic rings. The number of rotatable bonds is 5. The molecule has 3 rings (SSSR count). The minimum absolute atomic E-state index is 0.323. The molecule has 0 aliphatic carbocycles. The number of carboxylic acids is 1. The number of fused-ring (bicyclic) bond motifs is 1. The van der Waals surface area contributed by atoms with Gasteiger partial charge in [0.1, 0.15) is 0 Å². The first-order valence-corrected chi connectivity index (χ1v) is 8.55. The molecular weight excluding hydrogens is 288 g/mol. The lowest BCUT2D eigenvalue weighted by molar-refractivity contribution is 0.0698. The van der Waals surface area contributed by atoms with Gasteiger partial charge in [0.15, 0.2) is 0 Å². The van der Waals surface area contributed by atoms with Crippen LogP contribution in [0.25, 0.3) is 10.9 Å². The second-order valence-electron chi connectivity index (χ2n) is 6.99. The maximum absolute atomic E-state index is 11.7. The maximum atomic E-state index is 11.7. The molecule has 124 valence electrons. The lowest BCUT2D eigenvalue weighted by atomic mass is 9.96. The maximum Gasteiger partial charge on any atom is 0.337 e. The van der Waals surface area contributed by atoms with E-state index in [0.29, 0.717) is 11.5 Å². The second kappa shape index (κ2) is 6.36. The largest absolute Gasteiger partial charge is 0.478 e. The van der Waals surface area contributed by atoms with E-state index < -0.39 is 5.97 Å². The highest BCUT2D eigenvalue weighted by molar-refractivity contribution is 6.04. The van der Waals surface area contributed by atoms with E-state index >= 15 is 0 Å². The van der Waals surface area contributed by atoms with Crippen molar-refractivity contribution in [2.75, 3.05) is 19.6 Å². The molecule has 23 heavy (non-hydrogen) atoms. The Balaban J connectivity index is 2.02. The van der Waals surface area contributed by atoms with Crippen molar-refractivity contribution in [1.29, 1.82) is 0 Å². The van der Waals surface area contributed by atoms with Crippen LogP contribution in [0.1, 0.15) is 54.1 Å². The minimum Gasteiger partial charge on any atom is -0.478 e. The van der Waals surface area contributed by atoms with Crippen LogP contribution in [0, 0.1) is 0 Å². The van der Waals surface area contributed by atoms with E-state index in [1.807, 2.05) is 17.7 Å². The van der Waals surface area contributed by atoms with Gasteiger partial charge in [0.25, 0.3) is 0 Å². The van der Waals surface area contributed by atoms with Gasteiger partial charge in [0, 0.05) is 25.2 Å². The van der Waals surface area contributed by atoms with Crippen LogP contribution in [0.4, 0.5) is 0 Å². The highest BCUT2D eigenvalue weighted by atomic mass is 16.4. The van der Waals surface area contributed by atoms with Crippen molar-refractivity contribution in [2.24, 2.45) is 7.05 Å². The fraction of sp³-hybridized carbons (Fsp3) is 0.526. The zero-order valence-corrected chi connectivity index (χ0v) is 14.3. The quantitative estimate of drug-likeness (QED) is 0.916. The second-order valence-corrected chi connectivity index (χ2v) is 6.99. The molecule has 4 nitrogen and oxygen atoms in total. The summed E-state index contributed by atoms with van der Waals surface area (Å²) in [5.74, 6) is -0.520. The van der Waals surface area contributed by atoms with Gasteiger partial charge in [-0.1, -0.05) is 13.8 Å². The normalized spacial score (nSPS) is 15.8. The Morgan fingerprint density at radius 1 is 1.26 bits per heavy atom. The Morgan fingerprint density at radius 3 is 2.57 bits per heavy atom. The van der Waals surface area contributed by atoms with Crippen molar-refractivity contribution in [2.45, 2.75) is 39.0 Å². The SMILES string of the molecule is CC(C)c1cc(C(=O)O)c2c(c1)c(CCN1CCCC1)cn2C. The van der Waals surface area contributed by atoms with Crippen molar-refractivity contribution in [3.8, 4) is 0 Å². The van der Waals surface area contributed by atoms with Crippen LogP contribution in [-0.2, 0) is 13.5 Å². The number of nitrogens with zero attached hydrogens (tertiary/aromatic N) is 2. The molecule has 1 fully saturated rings. The number of aromatic carboxylic acids is 1. The van der Waals surface area contributed by atoms with Crippen LogP contribution in [0.5, 0.6) is 0 Å². The summed E-state index contributed by atoms with van der Waals surface area (Å²) in [6.07, 6.45) is 5.70. The van der Waals surface area contributed by atoms with Crippen LogP contribution in [-0.4, -0.2) is 40.2 Å². The summed E-state index contributed by atoms with van der Waals surface area (Å²) in [5, 5.41) is 10.7. The first kappa shape index (κ1) is 16.1. The average Bonchev–Trinajstić information content (AvgIpc) is 3.12. The molecular formula is C19H26N2O2. The summed E-state index contributed by atoms with van der Waals surface area (Å²) in [5.41, 5.74) is 3.63. The average molecular weight is 314 g/mol. The lowest BCUT2D eigenvalue weighted by Gasteiger charge is -2.14. The van der Waals surface area contributed by atoms with Crippen LogP contribution in [0.3, 0.4) is 0 Å². The molecule has 1 aromatic heterocycles. The number of carboxylic acid groups (broad SMARTS) is 1. The van der Waals surface area contributed by atoms with Gasteiger partial charge < -0.3 is 14.6 Å². The van der Waals surface area contributed by atoms with Crippen molar-refractivity contribution in [1.82, 2.24) is 9.47 Å². The molecule has 0 unspecified atom stereocenters. The lowest BCUT2D eigenvalue weighted by Crippen LogP contribution is -2.21. The zero-order chi connectivity index (χ0) is 16.6. The number of carbonyl (C=O) groups is 1. The van der Waals surface area contributed by atoms with Crippen LogP contribution in [0.2, 0.25) is 0 Å². The van der Waals surface area contributed by atoms with E-state index in [0.717, 1.165) is 29.4 Å². The summed E-state index contributed by atoms with van der Waals surface area (Å²) in [4.78, 5) is 14.2. The van der Waals surface area contributed by atoms with E-state index in [9.17, 15) is 9.90 Å². The van der Waals surface area contributed by atoms with Gasteiger partial charge in [-0.25, -0.2) is 4.79 Å². The standard InChI is InChI=1S/C19H26N2O2/c1-13(2)15-10-16-14(6-9-21-7-4-5-8-21)12-20(3)18(16)17(11-15)19(22)23/h10-13H,4-9H2,1-3H3,(H,22,23). The molecule has 0 bridgehead atoms. The number of aromatic nitrogens is 1. The fourth-order valence-electron chi connectivity index (χ4n) is 3.63. The van der Waals surface area contributed by atoms with Gasteiger partial charge in [-0.15, -0.1) is 0 Å². The van der Waals surface area contributed by atoms with Crippen molar-refractivity contribution in [3.63, 3.8) is 0 Å². The molecule has 2 heterocycles. The van der Waals surface area contributed by atoms with Crippen molar-refractivity contribution >= 4 is 16.9 Å². The Kier molecular flexibility index (Phi) is 4.44. The highest BCUT2D eigenvalue weighted by Crippen LogP contribution is 2.29. The first-order valence-electron chi connectivity index (χ1n) is 8.55. The molecule has 1 N–H and O–H groups in total. The molecule has 0 atom stereocenters. The van der Waals surface area contributed by atoms with Gasteiger partial charge in [-0.3, -0.25) is 0 Å². The third-order valence-corrected chi connectivity index (χ3v) is 4.97. The van der Waals surface area contributed by atoms with E-state index in [1.54, 1.807) is 0 Å². The molecule has 0 spiro atoms. The summed E-state index contributed by atoms with van der Waals surface area (Å²) >= 11 is 0. The number of hydrogen-bond donors (Lipinski definition) is 1. The molecule has 0 radical (unpaired) electrons. The van der Waals surface area contributed by atoms with Gasteiger partial charge in [0.05, 0.1) is 11.1 Å². The molecule has 0 saturated carbocycles. The first-order chi connectivity index (χ1) is 11.0. The fourth-order valence-corrected chi connectivity index (χ4v) is 3.63. The molecule has 1 saturated heterocycles. The van der Waals surface area contributed by atoms with E-state index in [1.165, 1.54) is 31.5 Å². The van der Waals surface area contributed by atoms with Gasteiger partial charge in [0.2, 0.25) is 0 Å². The molecule has 2 aromatic rings. The zero-order valence-electron chi connectivity index (χ0n) is 14.3. The molecule has 0 amide bonds. The summed E-state index contributed by atoms with van der Waals surface area (Å²) < 4.78 is 1.97. The van der Waals surface area contributed by atoms with Gasteiger partial charge in [-0.05, 0) is 61.5 Å². The number of benzene rings is 1. The monoisotopic (exact) mass is 314 g/mol. The van der Waals surface area contributed by atoms with Crippen LogP contribution >= 0.6 is 0 Å². The predicted octanol–water partition coefficient (Wildman–Crippen LogP) is 3.64. The summed E-state index contributed by atoms with van der Waals surface area (Å²) in [6.45, 7) is 7.68. The molecule has 1 aromatic carbocycles. The van der Waals surface area contributed by atoms with Gasteiger partial charge in [-0.2, -0.15) is 0 Å². The van der Waals surface area contributed by atoms with Crippen LogP contribution in [0.15, 0.2) is 18.3 Å². The van der Waals surface area contributed by atoms with E-state index in [4.69, 9.17) is 0 Å². The Morgan fingerprint density at radius 2 is 1.96 bits per heavy atom. The third-order valence-electron chi connectivity index (χ3n) is 4.97. The Hall–Kier alpha value is -1.81. The molecule has 4 heteroatoms. The smallest absolute Gasteiger partial charge is 0.337 e.